The van der Waals surface area contributed by atoms with Crippen molar-refractivity contribution >= 4 is 23.2 Å². The summed E-state index contributed by atoms with van der Waals surface area (Å²) in [6, 6.07) is 7.96. The van der Waals surface area contributed by atoms with Crippen molar-refractivity contribution in [2.24, 2.45) is 5.92 Å². The van der Waals surface area contributed by atoms with Crippen molar-refractivity contribution in [2.75, 3.05) is 49.6 Å². The van der Waals surface area contributed by atoms with Gasteiger partial charge < -0.3 is 19.9 Å². The Kier molecular flexibility index (Phi) is 5.35. The first kappa shape index (κ1) is 16.8. The molecule has 0 aliphatic carbocycles. The number of nitrogens with zero attached hydrogens (tertiary/aromatic N) is 2. The number of benzene rings is 1. The third kappa shape index (κ3) is 4.06. The molecular weight excluding hydrogens is 306 g/mol. The number of amides is 2. The van der Waals surface area contributed by atoms with E-state index in [-0.39, 0.29) is 17.7 Å². The summed E-state index contributed by atoms with van der Waals surface area (Å²) in [5.41, 5.74) is 1.96. The van der Waals surface area contributed by atoms with E-state index in [9.17, 15) is 9.59 Å². The summed E-state index contributed by atoms with van der Waals surface area (Å²) in [6.07, 6.45) is 1.59. The fourth-order valence-corrected chi connectivity index (χ4v) is 3.24. The number of piperazine rings is 1. The van der Waals surface area contributed by atoms with Crippen LogP contribution in [-0.2, 0) is 14.3 Å². The molecule has 0 atom stereocenters. The molecule has 2 fully saturated rings. The van der Waals surface area contributed by atoms with E-state index in [2.05, 4.69) is 10.2 Å². The normalized spacial score (nSPS) is 19.2. The van der Waals surface area contributed by atoms with Gasteiger partial charge in [-0.05, 0) is 37.1 Å². The Labute approximate surface area is 142 Å². The summed E-state index contributed by atoms with van der Waals surface area (Å²) in [5, 5.41) is 3.00. The van der Waals surface area contributed by atoms with Crippen LogP contribution in [0.3, 0.4) is 0 Å². The minimum atomic E-state index is 0.0538. The van der Waals surface area contributed by atoms with E-state index in [1.165, 1.54) is 0 Å². The lowest BCUT2D eigenvalue weighted by atomic mass is 9.99. The maximum atomic E-state index is 12.2. The third-order valence-corrected chi connectivity index (χ3v) is 4.82. The molecule has 130 valence electrons. The van der Waals surface area contributed by atoms with Crippen LogP contribution in [0.15, 0.2) is 24.3 Å². The van der Waals surface area contributed by atoms with Gasteiger partial charge in [0.25, 0.3) is 0 Å². The van der Waals surface area contributed by atoms with Gasteiger partial charge in [0.1, 0.15) is 0 Å². The summed E-state index contributed by atoms with van der Waals surface area (Å²) in [6.45, 7) is 6.16. The molecule has 1 N–H and O–H groups in total. The molecule has 0 saturated carbocycles. The standard InChI is InChI=1S/C18H25N3O3/c1-14(22)20-8-10-21(11-9-20)17-4-2-16(3-5-17)19-18(23)15-6-12-24-13-7-15/h2-5,15H,6-13H2,1H3,(H,19,23). The molecule has 2 aliphatic rings. The van der Waals surface area contributed by atoms with Crippen LogP contribution in [0.2, 0.25) is 0 Å². The van der Waals surface area contributed by atoms with Crippen LogP contribution in [-0.4, -0.2) is 56.1 Å². The van der Waals surface area contributed by atoms with Gasteiger partial charge in [0.2, 0.25) is 11.8 Å². The molecule has 6 nitrogen and oxygen atoms in total. The van der Waals surface area contributed by atoms with E-state index in [1.54, 1.807) is 6.92 Å². The number of rotatable bonds is 3. The minimum Gasteiger partial charge on any atom is -0.381 e. The Morgan fingerprint density at radius 1 is 1.04 bits per heavy atom. The van der Waals surface area contributed by atoms with Crippen molar-refractivity contribution in [1.29, 1.82) is 0 Å². The van der Waals surface area contributed by atoms with Gasteiger partial charge in [-0.3, -0.25) is 9.59 Å². The predicted octanol–water partition coefficient (Wildman–Crippen LogP) is 1.72. The van der Waals surface area contributed by atoms with Crippen molar-refractivity contribution < 1.29 is 14.3 Å². The number of nitrogens with one attached hydrogen (secondary N) is 1. The highest BCUT2D eigenvalue weighted by atomic mass is 16.5. The van der Waals surface area contributed by atoms with Gasteiger partial charge in [-0.2, -0.15) is 0 Å². The van der Waals surface area contributed by atoms with E-state index >= 15 is 0 Å². The molecule has 0 radical (unpaired) electrons. The van der Waals surface area contributed by atoms with Crippen LogP contribution in [0.4, 0.5) is 11.4 Å². The summed E-state index contributed by atoms with van der Waals surface area (Å²) in [5.74, 6) is 0.278. The number of anilines is 2. The topological polar surface area (TPSA) is 61.9 Å². The average molecular weight is 331 g/mol. The maximum Gasteiger partial charge on any atom is 0.227 e. The number of ether oxygens (including phenoxy) is 1. The smallest absolute Gasteiger partial charge is 0.227 e. The van der Waals surface area contributed by atoms with E-state index in [0.717, 1.165) is 50.4 Å². The molecule has 2 amide bonds. The second-order valence-corrected chi connectivity index (χ2v) is 6.42. The molecular formula is C18H25N3O3. The largest absolute Gasteiger partial charge is 0.381 e. The Morgan fingerprint density at radius 2 is 1.67 bits per heavy atom. The van der Waals surface area contributed by atoms with Crippen molar-refractivity contribution in [3.8, 4) is 0 Å². The molecule has 1 aromatic carbocycles. The molecule has 1 aromatic rings. The molecule has 3 rings (SSSR count). The van der Waals surface area contributed by atoms with Gasteiger partial charge in [0.05, 0.1) is 0 Å². The van der Waals surface area contributed by atoms with Crippen molar-refractivity contribution in [1.82, 2.24) is 4.90 Å². The number of carbonyl (C=O) groups is 2. The molecule has 0 aromatic heterocycles. The molecule has 2 aliphatic heterocycles. The van der Waals surface area contributed by atoms with Gasteiger partial charge in [-0.25, -0.2) is 0 Å². The first-order chi connectivity index (χ1) is 11.6. The lowest BCUT2D eigenvalue weighted by Gasteiger charge is -2.35. The summed E-state index contributed by atoms with van der Waals surface area (Å²) in [4.78, 5) is 27.8. The number of hydrogen-bond acceptors (Lipinski definition) is 4. The van der Waals surface area contributed by atoms with Gasteiger partial charge in [0.15, 0.2) is 0 Å². The van der Waals surface area contributed by atoms with E-state index < -0.39 is 0 Å². The SMILES string of the molecule is CC(=O)N1CCN(c2ccc(NC(=O)C3CCOCC3)cc2)CC1. The van der Waals surface area contributed by atoms with Crippen molar-refractivity contribution in [3.63, 3.8) is 0 Å². The first-order valence-corrected chi connectivity index (χ1v) is 8.62. The molecule has 2 heterocycles. The predicted molar refractivity (Wildman–Crippen MR) is 93.1 cm³/mol. The molecule has 24 heavy (non-hydrogen) atoms. The molecule has 6 heteroatoms. The second-order valence-electron chi connectivity index (χ2n) is 6.42. The van der Waals surface area contributed by atoms with Gasteiger partial charge in [-0.1, -0.05) is 0 Å². The van der Waals surface area contributed by atoms with Gasteiger partial charge in [-0.15, -0.1) is 0 Å². The third-order valence-electron chi connectivity index (χ3n) is 4.82. The fraction of sp³-hybridized carbons (Fsp3) is 0.556. The lowest BCUT2D eigenvalue weighted by Crippen LogP contribution is -2.48. The fourth-order valence-electron chi connectivity index (χ4n) is 3.24. The maximum absolute atomic E-state index is 12.2. The van der Waals surface area contributed by atoms with Gasteiger partial charge in [0, 0.05) is 63.6 Å². The zero-order valence-corrected chi connectivity index (χ0v) is 14.2. The molecule has 0 unspecified atom stereocenters. The van der Waals surface area contributed by atoms with Crippen LogP contribution < -0.4 is 10.2 Å². The Morgan fingerprint density at radius 3 is 2.25 bits per heavy atom. The molecule has 0 spiro atoms. The quantitative estimate of drug-likeness (QED) is 0.916. The highest BCUT2D eigenvalue weighted by Crippen LogP contribution is 2.21. The lowest BCUT2D eigenvalue weighted by molar-refractivity contribution is -0.129. The zero-order valence-electron chi connectivity index (χ0n) is 14.2. The average Bonchev–Trinajstić information content (AvgIpc) is 2.63. The van der Waals surface area contributed by atoms with Crippen molar-refractivity contribution in [3.05, 3.63) is 24.3 Å². The summed E-state index contributed by atoms with van der Waals surface area (Å²) >= 11 is 0. The van der Waals surface area contributed by atoms with E-state index in [4.69, 9.17) is 4.74 Å². The van der Waals surface area contributed by atoms with Crippen LogP contribution in [0.5, 0.6) is 0 Å². The zero-order chi connectivity index (χ0) is 16.9. The Bertz CT molecular complexity index is 574. The summed E-state index contributed by atoms with van der Waals surface area (Å²) in [7, 11) is 0. The van der Waals surface area contributed by atoms with Crippen molar-refractivity contribution in [2.45, 2.75) is 19.8 Å². The van der Waals surface area contributed by atoms with E-state index in [0.29, 0.717) is 13.2 Å². The van der Waals surface area contributed by atoms with E-state index in [1.807, 2.05) is 29.2 Å². The number of hydrogen-bond donors (Lipinski definition) is 1. The molecule has 2 saturated heterocycles. The van der Waals surface area contributed by atoms with Crippen LogP contribution in [0, 0.1) is 5.92 Å². The van der Waals surface area contributed by atoms with Gasteiger partial charge >= 0.3 is 0 Å². The summed E-state index contributed by atoms with van der Waals surface area (Å²) < 4.78 is 5.30. The Hall–Kier alpha value is -2.08. The second kappa shape index (κ2) is 7.66. The highest BCUT2D eigenvalue weighted by molar-refractivity contribution is 5.92. The van der Waals surface area contributed by atoms with Crippen LogP contribution in [0.1, 0.15) is 19.8 Å². The Balaban J connectivity index is 1.54. The highest BCUT2D eigenvalue weighted by Gasteiger charge is 2.22. The molecule has 0 bridgehead atoms. The first-order valence-electron chi connectivity index (χ1n) is 8.62. The van der Waals surface area contributed by atoms with Crippen LogP contribution >= 0.6 is 0 Å². The number of carbonyl (C=O) groups excluding carboxylic acids is 2. The monoisotopic (exact) mass is 331 g/mol. The minimum absolute atomic E-state index is 0.0538. The van der Waals surface area contributed by atoms with Crippen LogP contribution in [0.25, 0.3) is 0 Å².